The van der Waals surface area contributed by atoms with E-state index in [9.17, 15) is 18.0 Å². The Kier molecular flexibility index (Phi) is 9.51. The number of hydrogen-bond acceptors (Lipinski definition) is 5. The van der Waals surface area contributed by atoms with Gasteiger partial charge >= 0.3 is 6.03 Å². The number of aryl methyl sites for hydroxylation is 1. The highest BCUT2D eigenvalue weighted by Gasteiger charge is 2.24. The van der Waals surface area contributed by atoms with E-state index in [1.807, 2.05) is 63.6 Å². The van der Waals surface area contributed by atoms with E-state index in [-0.39, 0.29) is 16.2 Å². The zero-order chi connectivity index (χ0) is 23.1. The first kappa shape index (κ1) is 25.6. The number of carbonyl (C=O) groups is 2. The molecule has 0 aliphatic heterocycles. The molecule has 0 fully saturated rings. The summed E-state index contributed by atoms with van der Waals surface area (Å²) >= 11 is 1.11. The molecule has 0 radical (unpaired) electrons. The second-order valence-electron chi connectivity index (χ2n) is 6.68. The molecule has 2 rings (SSSR count). The molecule has 166 valence electrons. The number of nitrogens with zero attached hydrogens (tertiary/aromatic N) is 1. The zero-order valence-corrected chi connectivity index (χ0v) is 20.2. The minimum Gasteiger partial charge on any atom is -0.340 e. The van der Waals surface area contributed by atoms with Gasteiger partial charge in [0.1, 0.15) is 4.21 Å². The molecular weight excluding hydrogens is 422 g/mol. The third-order valence-electron chi connectivity index (χ3n) is 4.17. The Labute approximate surface area is 183 Å². The van der Waals surface area contributed by atoms with Crippen molar-refractivity contribution in [2.24, 2.45) is 0 Å². The van der Waals surface area contributed by atoms with Gasteiger partial charge in [-0.15, -0.1) is 11.3 Å². The van der Waals surface area contributed by atoms with E-state index in [4.69, 9.17) is 0 Å². The molecule has 0 aliphatic carbocycles. The van der Waals surface area contributed by atoms with Crippen molar-refractivity contribution < 1.29 is 18.0 Å². The van der Waals surface area contributed by atoms with Crippen LogP contribution >= 0.6 is 11.3 Å². The van der Waals surface area contributed by atoms with Crippen LogP contribution in [0.2, 0.25) is 0 Å². The van der Waals surface area contributed by atoms with E-state index in [0.29, 0.717) is 12.1 Å². The second-order valence-corrected chi connectivity index (χ2v) is 9.81. The van der Waals surface area contributed by atoms with Crippen LogP contribution in [0.4, 0.5) is 4.79 Å². The molecule has 0 saturated heterocycles. The largest absolute Gasteiger partial charge is 0.340 e. The average Bonchev–Trinajstić information content (AvgIpc) is 3.10. The van der Waals surface area contributed by atoms with Gasteiger partial charge in [0, 0.05) is 37.0 Å². The van der Waals surface area contributed by atoms with Crippen LogP contribution in [0.5, 0.6) is 0 Å². The van der Waals surface area contributed by atoms with Gasteiger partial charge in [-0.2, -0.15) is 0 Å². The lowest BCUT2D eigenvalue weighted by atomic mass is 10.1. The Morgan fingerprint density at radius 2 is 1.70 bits per heavy atom. The van der Waals surface area contributed by atoms with E-state index >= 15 is 0 Å². The van der Waals surface area contributed by atoms with Crippen LogP contribution in [-0.4, -0.2) is 38.3 Å². The van der Waals surface area contributed by atoms with Crippen molar-refractivity contribution in [3.63, 3.8) is 0 Å². The molecule has 2 aromatic rings. The molecule has 2 N–H and O–H groups in total. The number of nitrogens with one attached hydrogen (secondary N) is 2. The van der Waals surface area contributed by atoms with Gasteiger partial charge in [0.05, 0.1) is 0 Å². The molecule has 0 bridgehead atoms. The summed E-state index contributed by atoms with van der Waals surface area (Å²) < 4.78 is 27.2. The Morgan fingerprint density at radius 1 is 1.13 bits per heavy atom. The Bertz CT molecular complexity index is 965. The first-order chi connectivity index (χ1) is 14.0. The Morgan fingerprint density at radius 3 is 2.17 bits per heavy atom. The number of hydrogen-bond donors (Lipinski definition) is 2. The Hall–Kier alpha value is -2.39. The summed E-state index contributed by atoms with van der Waals surface area (Å²) in [4.78, 5) is 25.8. The van der Waals surface area contributed by atoms with Gasteiger partial charge in [0.15, 0.2) is 0 Å². The number of rotatable bonds is 6. The van der Waals surface area contributed by atoms with E-state index in [2.05, 4.69) is 5.32 Å². The molecule has 9 heteroatoms. The summed E-state index contributed by atoms with van der Waals surface area (Å²) in [7, 11) is -2.62. The van der Waals surface area contributed by atoms with Gasteiger partial charge in [0.2, 0.25) is 5.91 Å². The SMILES string of the molecule is CC.CNC(=O)NS(=O)(=O)c1sc(C)cc1-c1ccc(CN(C(C)=O)C(C)C)cc1. The summed E-state index contributed by atoms with van der Waals surface area (Å²) in [5.41, 5.74) is 2.22. The van der Waals surface area contributed by atoms with Crippen LogP contribution in [0.1, 0.15) is 45.1 Å². The normalized spacial score (nSPS) is 10.8. The van der Waals surface area contributed by atoms with Crippen molar-refractivity contribution in [1.82, 2.24) is 14.9 Å². The maximum atomic E-state index is 12.6. The monoisotopic (exact) mass is 453 g/mol. The number of sulfonamides is 1. The first-order valence-corrected chi connectivity index (χ1v) is 12.1. The van der Waals surface area contributed by atoms with Crippen molar-refractivity contribution in [3.05, 3.63) is 40.8 Å². The lowest BCUT2D eigenvalue weighted by Gasteiger charge is -2.25. The fourth-order valence-corrected chi connectivity index (χ4v) is 5.38. The van der Waals surface area contributed by atoms with Crippen molar-refractivity contribution in [2.75, 3.05) is 7.05 Å². The highest BCUT2D eigenvalue weighted by Crippen LogP contribution is 2.35. The van der Waals surface area contributed by atoms with E-state index < -0.39 is 16.1 Å². The minimum absolute atomic E-state index is 0.00110. The van der Waals surface area contributed by atoms with Crippen LogP contribution in [0, 0.1) is 6.92 Å². The topological polar surface area (TPSA) is 95.6 Å². The molecule has 30 heavy (non-hydrogen) atoms. The molecule has 7 nitrogen and oxygen atoms in total. The van der Waals surface area contributed by atoms with Crippen molar-refractivity contribution >= 4 is 33.3 Å². The molecule has 3 amide bonds. The smallest absolute Gasteiger partial charge is 0.328 e. The third kappa shape index (κ3) is 6.56. The summed E-state index contributed by atoms with van der Waals surface area (Å²) in [6.45, 7) is 11.8. The van der Waals surface area contributed by atoms with Crippen LogP contribution in [-0.2, 0) is 21.4 Å². The molecule has 0 unspecified atom stereocenters. The summed E-state index contributed by atoms with van der Waals surface area (Å²) in [5, 5.41) is 2.24. The lowest BCUT2D eigenvalue weighted by molar-refractivity contribution is -0.131. The van der Waals surface area contributed by atoms with E-state index in [1.54, 1.807) is 17.9 Å². The fraction of sp³-hybridized carbons (Fsp3) is 0.429. The molecule has 0 atom stereocenters. The molecule has 1 aromatic heterocycles. The fourth-order valence-electron chi connectivity index (χ4n) is 2.76. The molecule has 0 aliphatic rings. The van der Waals surface area contributed by atoms with Crippen LogP contribution < -0.4 is 10.0 Å². The number of benzene rings is 1. The highest BCUT2D eigenvalue weighted by molar-refractivity contribution is 7.92. The predicted molar refractivity (Wildman–Crippen MR) is 122 cm³/mol. The summed E-state index contributed by atoms with van der Waals surface area (Å²) in [5.74, 6) is 0.00110. The summed E-state index contributed by atoms with van der Waals surface area (Å²) in [6.07, 6.45) is 0. The van der Waals surface area contributed by atoms with Crippen molar-refractivity contribution in [2.45, 2.75) is 58.3 Å². The van der Waals surface area contributed by atoms with Gasteiger partial charge < -0.3 is 10.2 Å². The highest BCUT2D eigenvalue weighted by atomic mass is 32.2. The molecule has 0 saturated carbocycles. The second kappa shape index (κ2) is 11.1. The standard InChI is InChI=1S/C19H25N3O4S2.C2H6/c1-12(2)22(14(4)23)11-15-6-8-16(9-7-15)17-10-13(3)27-18(17)28(25,26)21-19(24)20-5;1-2/h6-10,12H,11H2,1-5H3,(H2,20,21,24);1-2H3. The molecular formula is C21H31N3O4S2. The maximum absolute atomic E-state index is 12.6. The van der Waals surface area contributed by atoms with Gasteiger partial charge in [-0.3, -0.25) is 4.79 Å². The molecule has 0 spiro atoms. The Balaban J connectivity index is 0.00000218. The number of amides is 3. The maximum Gasteiger partial charge on any atom is 0.328 e. The lowest BCUT2D eigenvalue weighted by Crippen LogP contribution is -2.37. The van der Waals surface area contributed by atoms with Gasteiger partial charge in [0.25, 0.3) is 10.0 Å². The van der Waals surface area contributed by atoms with Crippen LogP contribution in [0.3, 0.4) is 0 Å². The number of thiophene rings is 1. The predicted octanol–water partition coefficient (Wildman–Crippen LogP) is 4.12. The van der Waals surface area contributed by atoms with E-state index in [0.717, 1.165) is 27.3 Å². The number of carbonyl (C=O) groups excluding carboxylic acids is 2. The van der Waals surface area contributed by atoms with Gasteiger partial charge in [-0.1, -0.05) is 38.1 Å². The third-order valence-corrected chi connectivity index (χ3v) is 7.08. The van der Waals surface area contributed by atoms with Crippen LogP contribution in [0.25, 0.3) is 11.1 Å². The zero-order valence-electron chi connectivity index (χ0n) is 18.6. The number of urea groups is 1. The first-order valence-electron chi connectivity index (χ1n) is 9.76. The van der Waals surface area contributed by atoms with E-state index in [1.165, 1.54) is 7.05 Å². The molecule has 1 heterocycles. The van der Waals surface area contributed by atoms with Gasteiger partial charge in [-0.25, -0.2) is 17.9 Å². The molecule has 1 aromatic carbocycles. The van der Waals surface area contributed by atoms with Crippen molar-refractivity contribution in [1.29, 1.82) is 0 Å². The quantitative estimate of drug-likeness (QED) is 0.688. The van der Waals surface area contributed by atoms with Crippen molar-refractivity contribution in [3.8, 4) is 11.1 Å². The average molecular weight is 454 g/mol. The van der Waals surface area contributed by atoms with Crippen LogP contribution in [0.15, 0.2) is 34.5 Å². The summed E-state index contributed by atoms with van der Waals surface area (Å²) in [6, 6.07) is 8.50. The van der Waals surface area contributed by atoms with Gasteiger partial charge in [-0.05, 0) is 38.0 Å². The minimum atomic E-state index is -3.98.